The minimum Gasteiger partial charge on any atom is -0.487 e. The summed E-state index contributed by atoms with van der Waals surface area (Å²) in [7, 11) is 0. The fourth-order valence-electron chi connectivity index (χ4n) is 2.53. The lowest BCUT2D eigenvalue weighted by Gasteiger charge is -2.21. The van der Waals surface area contributed by atoms with Crippen LogP contribution in [0.15, 0.2) is 36.4 Å². The molecule has 0 unspecified atom stereocenters. The molecule has 0 aliphatic carbocycles. The van der Waals surface area contributed by atoms with Crippen molar-refractivity contribution in [2.75, 3.05) is 5.32 Å². The van der Waals surface area contributed by atoms with Crippen LogP contribution in [0.2, 0.25) is 0 Å². The summed E-state index contributed by atoms with van der Waals surface area (Å²) in [6, 6.07) is 11.5. The SMILES string of the molecule is Cc1ccc2c(c1)Nc1c(cccc1C(=O)OC(C)(C)C)CO2. The standard InChI is InChI=1S/C19H21NO3/c1-12-8-9-16-15(10-12)20-17-13(11-22-16)6-5-7-14(17)18(21)23-19(2,3)4/h5-10,20H,11H2,1-4H3. The number of ether oxygens (including phenoxy) is 2. The molecular formula is C19H21NO3. The van der Waals surface area contributed by atoms with Crippen LogP contribution in [0.3, 0.4) is 0 Å². The van der Waals surface area contributed by atoms with Crippen molar-refractivity contribution < 1.29 is 14.3 Å². The van der Waals surface area contributed by atoms with Crippen LogP contribution in [-0.2, 0) is 11.3 Å². The third-order valence-corrected chi connectivity index (χ3v) is 3.55. The van der Waals surface area contributed by atoms with E-state index in [9.17, 15) is 4.79 Å². The highest BCUT2D eigenvalue weighted by Gasteiger charge is 2.24. The number of benzene rings is 2. The first-order valence-electron chi connectivity index (χ1n) is 7.69. The van der Waals surface area contributed by atoms with Crippen LogP contribution in [-0.4, -0.2) is 11.6 Å². The molecule has 1 N–H and O–H groups in total. The molecule has 0 radical (unpaired) electrons. The molecule has 0 spiro atoms. The lowest BCUT2D eigenvalue weighted by atomic mass is 10.1. The molecule has 2 aromatic carbocycles. The normalized spacial score (nSPS) is 13.0. The summed E-state index contributed by atoms with van der Waals surface area (Å²) in [6.45, 7) is 8.02. The number of nitrogens with one attached hydrogen (secondary N) is 1. The molecule has 3 rings (SSSR count). The summed E-state index contributed by atoms with van der Waals surface area (Å²) in [5.74, 6) is 0.444. The van der Waals surface area contributed by atoms with E-state index in [1.807, 2.05) is 58.0 Å². The van der Waals surface area contributed by atoms with Gasteiger partial charge in [0.15, 0.2) is 0 Å². The number of anilines is 2. The smallest absolute Gasteiger partial charge is 0.340 e. The van der Waals surface area contributed by atoms with Gasteiger partial charge >= 0.3 is 5.97 Å². The van der Waals surface area contributed by atoms with Crippen molar-refractivity contribution in [1.29, 1.82) is 0 Å². The Bertz CT molecular complexity index is 760. The van der Waals surface area contributed by atoms with Crippen LogP contribution in [0.4, 0.5) is 11.4 Å². The Morgan fingerprint density at radius 1 is 1.22 bits per heavy atom. The van der Waals surface area contributed by atoms with E-state index in [0.717, 1.165) is 28.3 Å². The van der Waals surface area contributed by atoms with Crippen LogP contribution >= 0.6 is 0 Å². The second kappa shape index (κ2) is 5.61. The van der Waals surface area contributed by atoms with Crippen molar-refractivity contribution in [2.45, 2.75) is 39.9 Å². The fourth-order valence-corrected chi connectivity index (χ4v) is 2.53. The number of carbonyl (C=O) groups is 1. The van der Waals surface area contributed by atoms with Crippen molar-refractivity contribution >= 4 is 17.3 Å². The maximum atomic E-state index is 12.5. The van der Waals surface area contributed by atoms with Crippen molar-refractivity contribution in [1.82, 2.24) is 0 Å². The van der Waals surface area contributed by atoms with Gasteiger partial charge in [0.25, 0.3) is 0 Å². The number of aryl methyl sites for hydroxylation is 1. The quantitative estimate of drug-likeness (QED) is 0.783. The van der Waals surface area contributed by atoms with Crippen LogP contribution in [0.5, 0.6) is 5.75 Å². The summed E-state index contributed by atoms with van der Waals surface area (Å²) in [5, 5.41) is 3.35. The Labute approximate surface area is 136 Å². The van der Waals surface area contributed by atoms with E-state index >= 15 is 0 Å². The third kappa shape index (κ3) is 3.31. The minimum absolute atomic E-state index is 0.335. The van der Waals surface area contributed by atoms with Crippen LogP contribution in [0, 0.1) is 6.92 Å². The topological polar surface area (TPSA) is 47.6 Å². The Morgan fingerprint density at radius 3 is 2.74 bits per heavy atom. The predicted octanol–water partition coefficient (Wildman–Crippen LogP) is 4.59. The van der Waals surface area contributed by atoms with E-state index in [1.54, 1.807) is 6.07 Å². The first-order chi connectivity index (χ1) is 10.8. The molecule has 0 amide bonds. The van der Waals surface area contributed by atoms with Gasteiger partial charge in [-0.2, -0.15) is 0 Å². The van der Waals surface area contributed by atoms with E-state index < -0.39 is 5.60 Å². The highest BCUT2D eigenvalue weighted by Crippen LogP contribution is 2.36. The second-order valence-electron chi connectivity index (χ2n) is 6.75. The van der Waals surface area contributed by atoms with E-state index in [4.69, 9.17) is 9.47 Å². The molecule has 1 aliphatic heterocycles. The molecule has 0 saturated heterocycles. The van der Waals surface area contributed by atoms with Gasteiger partial charge in [0.2, 0.25) is 0 Å². The number of fused-ring (bicyclic) bond motifs is 2. The average Bonchev–Trinajstić information content (AvgIpc) is 2.63. The first kappa shape index (κ1) is 15.4. The molecule has 4 heteroatoms. The highest BCUT2D eigenvalue weighted by molar-refractivity contribution is 5.98. The van der Waals surface area contributed by atoms with E-state index in [1.165, 1.54) is 0 Å². The highest BCUT2D eigenvalue weighted by atomic mass is 16.6. The van der Waals surface area contributed by atoms with E-state index in [-0.39, 0.29) is 5.97 Å². The van der Waals surface area contributed by atoms with Gasteiger partial charge < -0.3 is 14.8 Å². The molecule has 0 bridgehead atoms. The van der Waals surface area contributed by atoms with Gasteiger partial charge in [0.05, 0.1) is 16.9 Å². The second-order valence-corrected chi connectivity index (χ2v) is 6.75. The number of esters is 1. The summed E-state index contributed by atoms with van der Waals surface area (Å²) in [6.07, 6.45) is 0. The van der Waals surface area contributed by atoms with Gasteiger partial charge in [-0.25, -0.2) is 4.79 Å². The summed E-state index contributed by atoms with van der Waals surface area (Å²) in [5.41, 5.74) is 3.66. The number of hydrogen-bond donors (Lipinski definition) is 1. The van der Waals surface area contributed by atoms with Gasteiger partial charge in [-0.3, -0.25) is 0 Å². The first-order valence-corrected chi connectivity index (χ1v) is 7.69. The number of rotatable bonds is 1. The van der Waals surface area contributed by atoms with Gasteiger partial charge in [-0.05, 0) is 51.5 Å². The van der Waals surface area contributed by atoms with E-state index in [2.05, 4.69) is 5.32 Å². The predicted molar refractivity (Wildman–Crippen MR) is 90.4 cm³/mol. The molecule has 1 heterocycles. The van der Waals surface area contributed by atoms with Crippen molar-refractivity contribution in [3.63, 3.8) is 0 Å². The number of carbonyl (C=O) groups excluding carboxylic acids is 1. The number of para-hydroxylation sites is 1. The minimum atomic E-state index is -0.532. The van der Waals surface area contributed by atoms with Crippen molar-refractivity contribution in [3.05, 3.63) is 53.1 Å². The van der Waals surface area contributed by atoms with E-state index in [0.29, 0.717) is 12.2 Å². The molecule has 1 aliphatic rings. The summed E-state index contributed by atoms with van der Waals surface area (Å²) in [4.78, 5) is 12.5. The molecule has 4 nitrogen and oxygen atoms in total. The molecule has 2 aromatic rings. The monoisotopic (exact) mass is 311 g/mol. The van der Waals surface area contributed by atoms with Crippen LogP contribution in [0.25, 0.3) is 0 Å². The Morgan fingerprint density at radius 2 is 2.00 bits per heavy atom. The van der Waals surface area contributed by atoms with Crippen LogP contribution in [0.1, 0.15) is 42.3 Å². The zero-order chi connectivity index (χ0) is 16.6. The molecule has 0 aromatic heterocycles. The molecule has 0 saturated carbocycles. The lowest BCUT2D eigenvalue weighted by molar-refractivity contribution is 0.00706. The maximum Gasteiger partial charge on any atom is 0.340 e. The lowest BCUT2D eigenvalue weighted by Crippen LogP contribution is -2.24. The van der Waals surface area contributed by atoms with Crippen molar-refractivity contribution in [2.24, 2.45) is 0 Å². The van der Waals surface area contributed by atoms with Gasteiger partial charge in [-0.1, -0.05) is 18.2 Å². The summed E-state index contributed by atoms with van der Waals surface area (Å²) < 4.78 is 11.4. The molecular weight excluding hydrogens is 290 g/mol. The van der Waals surface area contributed by atoms with Gasteiger partial charge in [-0.15, -0.1) is 0 Å². The molecule has 120 valence electrons. The fraction of sp³-hybridized carbons (Fsp3) is 0.316. The largest absolute Gasteiger partial charge is 0.487 e. The van der Waals surface area contributed by atoms with Crippen LogP contribution < -0.4 is 10.1 Å². The maximum absolute atomic E-state index is 12.5. The average molecular weight is 311 g/mol. The zero-order valence-corrected chi connectivity index (χ0v) is 13.9. The molecule has 0 fully saturated rings. The zero-order valence-electron chi connectivity index (χ0n) is 13.9. The van der Waals surface area contributed by atoms with Gasteiger partial charge in [0, 0.05) is 5.56 Å². The number of hydrogen-bond acceptors (Lipinski definition) is 4. The third-order valence-electron chi connectivity index (χ3n) is 3.55. The van der Waals surface area contributed by atoms with Crippen molar-refractivity contribution in [3.8, 4) is 5.75 Å². The molecule has 0 atom stereocenters. The molecule has 23 heavy (non-hydrogen) atoms. The Hall–Kier alpha value is -2.49. The van der Waals surface area contributed by atoms with Gasteiger partial charge in [0.1, 0.15) is 18.0 Å². The Kier molecular flexibility index (Phi) is 3.76. The summed E-state index contributed by atoms with van der Waals surface area (Å²) >= 11 is 0. The Balaban J connectivity index is 2.03.